The van der Waals surface area contributed by atoms with Crippen molar-refractivity contribution in [2.45, 2.75) is 26.3 Å². The average Bonchev–Trinajstić information content (AvgIpc) is 3.23. The Kier molecular flexibility index (Phi) is 4.83. The molecular weight excluding hydrogens is 310 g/mol. The molecule has 0 bridgehead atoms. The Balaban J connectivity index is 1.49. The zero-order chi connectivity index (χ0) is 16.1. The summed E-state index contributed by atoms with van der Waals surface area (Å²) >= 11 is 1.58. The lowest BCUT2D eigenvalue weighted by atomic mass is 10.1. The van der Waals surface area contributed by atoms with Crippen molar-refractivity contribution >= 4 is 17.2 Å². The van der Waals surface area contributed by atoms with E-state index in [1.54, 1.807) is 11.3 Å². The maximum atomic E-state index is 11.9. The Labute approximate surface area is 138 Å². The number of thiophene rings is 1. The van der Waals surface area contributed by atoms with Crippen LogP contribution in [0.2, 0.25) is 0 Å². The molecule has 6 heteroatoms. The van der Waals surface area contributed by atoms with Crippen LogP contribution in [0.5, 0.6) is 0 Å². The summed E-state index contributed by atoms with van der Waals surface area (Å²) in [6.45, 7) is 2.57. The van der Waals surface area contributed by atoms with Gasteiger partial charge in [0.2, 0.25) is 17.7 Å². The van der Waals surface area contributed by atoms with Crippen LogP contribution in [0.25, 0.3) is 11.5 Å². The molecule has 1 amide bonds. The molecule has 5 nitrogen and oxygen atoms in total. The van der Waals surface area contributed by atoms with Crippen molar-refractivity contribution in [1.29, 1.82) is 0 Å². The van der Waals surface area contributed by atoms with E-state index in [4.69, 9.17) is 4.42 Å². The predicted octanol–water partition coefficient (Wildman–Crippen LogP) is 3.36. The van der Waals surface area contributed by atoms with Gasteiger partial charge in [0.05, 0.1) is 0 Å². The fraction of sp³-hybridized carbons (Fsp3) is 0.235. The van der Waals surface area contributed by atoms with E-state index < -0.39 is 0 Å². The first-order valence-electron chi connectivity index (χ1n) is 7.38. The summed E-state index contributed by atoms with van der Waals surface area (Å²) in [6.07, 6.45) is 0.772. The van der Waals surface area contributed by atoms with Crippen molar-refractivity contribution in [2.75, 3.05) is 0 Å². The Bertz CT molecular complexity index is 781. The molecule has 1 aromatic carbocycles. The second-order valence-electron chi connectivity index (χ2n) is 5.22. The van der Waals surface area contributed by atoms with E-state index in [0.29, 0.717) is 31.2 Å². The lowest BCUT2D eigenvalue weighted by Gasteiger charge is -2.07. The summed E-state index contributed by atoms with van der Waals surface area (Å²) in [6, 6.07) is 9.93. The first kappa shape index (κ1) is 15.4. The van der Waals surface area contributed by atoms with Crippen molar-refractivity contribution in [3.63, 3.8) is 0 Å². The third-order valence-corrected chi connectivity index (χ3v) is 4.22. The monoisotopic (exact) mass is 327 g/mol. The Morgan fingerprint density at radius 2 is 2.13 bits per heavy atom. The van der Waals surface area contributed by atoms with E-state index >= 15 is 0 Å². The molecule has 0 saturated heterocycles. The van der Waals surface area contributed by atoms with Crippen LogP contribution in [0.3, 0.4) is 0 Å². The van der Waals surface area contributed by atoms with Crippen molar-refractivity contribution in [3.05, 3.63) is 58.1 Å². The van der Waals surface area contributed by atoms with E-state index in [1.807, 2.05) is 48.0 Å². The van der Waals surface area contributed by atoms with Gasteiger partial charge in [-0.25, -0.2) is 0 Å². The first-order valence-corrected chi connectivity index (χ1v) is 8.33. The summed E-state index contributed by atoms with van der Waals surface area (Å²) in [5.74, 6) is 0.961. The van der Waals surface area contributed by atoms with Crippen LogP contribution in [0.4, 0.5) is 0 Å². The van der Waals surface area contributed by atoms with Crippen molar-refractivity contribution in [1.82, 2.24) is 15.5 Å². The van der Waals surface area contributed by atoms with Gasteiger partial charge >= 0.3 is 0 Å². The molecular formula is C17H17N3O2S. The standard InChI is InChI=1S/C17H17N3O2S/c1-12-4-2-3-5-13(12)10-18-15(21)6-7-16-19-20-17(22-16)14-8-9-23-11-14/h2-5,8-9,11H,6-7,10H2,1H3,(H,18,21). The van der Waals surface area contributed by atoms with Crippen molar-refractivity contribution in [2.24, 2.45) is 0 Å². The highest BCUT2D eigenvalue weighted by atomic mass is 32.1. The molecule has 0 fully saturated rings. The summed E-state index contributed by atoms with van der Waals surface area (Å²) in [7, 11) is 0. The van der Waals surface area contributed by atoms with Crippen LogP contribution >= 0.6 is 11.3 Å². The molecule has 1 N–H and O–H groups in total. The molecule has 0 saturated carbocycles. The van der Waals surface area contributed by atoms with Gasteiger partial charge < -0.3 is 9.73 Å². The highest BCUT2D eigenvalue weighted by molar-refractivity contribution is 7.08. The third-order valence-electron chi connectivity index (χ3n) is 3.54. The SMILES string of the molecule is Cc1ccccc1CNC(=O)CCc1nnc(-c2ccsc2)o1. The zero-order valence-electron chi connectivity index (χ0n) is 12.8. The Morgan fingerprint density at radius 1 is 1.26 bits per heavy atom. The Hall–Kier alpha value is -2.47. The first-order chi connectivity index (χ1) is 11.2. The van der Waals surface area contributed by atoms with Gasteiger partial charge in [-0.15, -0.1) is 10.2 Å². The van der Waals surface area contributed by atoms with Gasteiger partial charge in [-0.1, -0.05) is 24.3 Å². The minimum atomic E-state index is -0.0245. The topological polar surface area (TPSA) is 68.0 Å². The summed E-state index contributed by atoms with van der Waals surface area (Å²) < 4.78 is 5.56. The number of carbonyl (C=O) groups is 1. The molecule has 23 heavy (non-hydrogen) atoms. The summed E-state index contributed by atoms with van der Waals surface area (Å²) in [5, 5.41) is 14.8. The van der Waals surface area contributed by atoms with E-state index in [0.717, 1.165) is 11.1 Å². The number of aryl methyl sites for hydroxylation is 2. The van der Waals surface area contributed by atoms with Gasteiger partial charge in [-0.05, 0) is 29.5 Å². The molecule has 0 aliphatic carbocycles. The molecule has 2 aromatic heterocycles. The van der Waals surface area contributed by atoms with Gasteiger partial charge in [0.15, 0.2) is 0 Å². The number of hydrogen-bond acceptors (Lipinski definition) is 5. The maximum absolute atomic E-state index is 11.9. The van der Waals surface area contributed by atoms with Crippen LogP contribution in [0.15, 0.2) is 45.5 Å². The molecule has 2 heterocycles. The highest BCUT2D eigenvalue weighted by Crippen LogP contribution is 2.20. The van der Waals surface area contributed by atoms with E-state index in [1.165, 1.54) is 5.56 Å². The fourth-order valence-corrected chi connectivity index (χ4v) is 2.80. The number of nitrogens with one attached hydrogen (secondary N) is 1. The number of rotatable bonds is 6. The van der Waals surface area contributed by atoms with E-state index in [9.17, 15) is 4.79 Å². The third kappa shape index (κ3) is 4.04. The normalized spacial score (nSPS) is 10.7. The summed E-state index contributed by atoms with van der Waals surface area (Å²) in [5.41, 5.74) is 3.21. The molecule has 3 aromatic rings. The number of amides is 1. The smallest absolute Gasteiger partial charge is 0.248 e. The molecule has 0 aliphatic rings. The zero-order valence-corrected chi connectivity index (χ0v) is 13.6. The maximum Gasteiger partial charge on any atom is 0.248 e. The predicted molar refractivity (Wildman–Crippen MR) is 89.0 cm³/mol. The molecule has 0 unspecified atom stereocenters. The van der Waals surface area contributed by atoms with Gasteiger partial charge in [0.1, 0.15) is 0 Å². The van der Waals surface area contributed by atoms with Crippen LogP contribution in [0.1, 0.15) is 23.4 Å². The quantitative estimate of drug-likeness (QED) is 0.754. The highest BCUT2D eigenvalue weighted by Gasteiger charge is 2.11. The van der Waals surface area contributed by atoms with Gasteiger partial charge in [-0.2, -0.15) is 11.3 Å². The molecule has 0 atom stereocenters. The van der Waals surface area contributed by atoms with Crippen molar-refractivity contribution < 1.29 is 9.21 Å². The average molecular weight is 327 g/mol. The minimum Gasteiger partial charge on any atom is -0.421 e. The molecule has 0 spiro atoms. The van der Waals surface area contributed by atoms with Gasteiger partial charge in [-0.3, -0.25) is 4.79 Å². The number of benzene rings is 1. The molecule has 118 valence electrons. The van der Waals surface area contributed by atoms with Crippen molar-refractivity contribution in [3.8, 4) is 11.5 Å². The van der Waals surface area contributed by atoms with Gasteiger partial charge in [0, 0.05) is 30.3 Å². The second kappa shape index (κ2) is 7.19. The number of hydrogen-bond donors (Lipinski definition) is 1. The second-order valence-corrected chi connectivity index (χ2v) is 6.00. The molecule has 0 radical (unpaired) electrons. The number of nitrogens with zero attached hydrogens (tertiary/aromatic N) is 2. The van der Waals surface area contributed by atoms with Crippen LogP contribution in [-0.4, -0.2) is 16.1 Å². The summed E-state index contributed by atoms with van der Waals surface area (Å²) in [4.78, 5) is 11.9. The fourth-order valence-electron chi connectivity index (χ4n) is 2.17. The van der Waals surface area contributed by atoms with Gasteiger partial charge in [0.25, 0.3) is 0 Å². The van der Waals surface area contributed by atoms with E-state index in [-0.39, 0.29) is 5.91 Å². The minimum absolute atomic E-state index is 0.0245. The van der Waals surface area contributed by atoms with E-state index in [2.05, 4.69) is 15.5 Å². The number of aromatic nitrogens is 2. The lowest BCUT2D eigenvalue weighted by molar-refractivity contribution is -0.121. The molecule has 0 aliphatic heterocycles. The molecule has 3 rings (SSSR count). The Morgan fingerprint density at radius 3 is 2.91 bits per heavy atom. The van der Waals surface area contributed by atoms with Crippen LogP contribution in [-0.2, 0) is 17.8 Å². The number of carbonyl (C=O) groups excluding carboxylic acids is 1. The van der Waals surface area contributed by atoms with Crippen LogP contribution < -0.4 is 5.32 Å². The lowest BCUT2D eigenvalue weighted by Crippen LogP contribution is -2.23. The largest absolute Gasteiger partial charge is 0.421 e. The van der Waals surface area contributed by atoms with Crippen LogP contribution in [0, 0.1) is 6.92 Å².